The van der Waals surface area contributed by atoms with Gasteiger partial charge in [-0.25, -0.2) is 13.5 Å². The van der Waals surface area contributed by atoms with Crippen LogP contribution in [0.5, 0.6) is 5.75 Å². The van der Waals surface area contributed by atoms with Gasteiger partial charge in [-0.3, -0.25) is 4.79 Å². The van der Waals surface area contributed by atoms with Gasteiger partial charge in [0.25, 0.3) is 5.91 Å². The van der Waals surface area contributed by atoms with Gasteiger partial charge in [-0.2, -0.15) is 18.3 Å². The summed E-state index contributed by atoms with van der Waals surface area (Å²) in [6.45, 7) is 0. The zero-order valence-electron chi connectivity index (χ0n) is 16.6. The number of rotatable bonds is 4. The highest BCUT2D eigenvalue weighted by molar-refractivity contribution is 6.03. The van der Waals surface area contributed by atoms with Crippen LogP contribution in [0.1, 0.15) is 34.6 Å². The smallest absolute Gasteiger partial charge is 0.410 e. The summed E-state index contributed by atoms with van der Waals surface area (Å²) in [6, 6.07) is 7.62. The summed E-state index contributed by atoms with van der Waals surface area (Å²) in [5.41, 5.74) is -0.0980. The van der Waals surface area contributed by atoms with Gasteiger partial charge < -0.3 is 15.4 Å². The molecule has 0 bridgehead atoms. The molecule has 0 saturated carbocycles. The van der Waals surface area contributed by atoms with E-state index in [9.17, 15) is 26.7 Å². The summed E-state index contributed by atoms with van der Waals surface area (Å²) in [5.74, 6) is -2.31. The number of benzene rings is 2. The van der Waals surface area contributed by atoms with Gasteiger partial charge in [0.15, 0.2) is 11.7 Å². The third-order valence-electron chi connectivity index (χ3n) is 5.10. The second-order valence-electron chi connectivity index (χ2n) is 7.20. The van der Waals surface area contributed by atoms with E-state index in [2.05, 4.69) is 15.7 Å². The fraction of sp³-hybridized carbons (Fsp3) is 0.238. The maximum Gasteiger partial charge on any atom is 0.410 e. The molecule has 0 saturated heterocycles. The van der Waals surface area contributed by atoms with Crippen LogP contribution in [0.25, 0.3) is 0 Å². The number of alkyl halides is 3. The van der Waals surface area contributed by atoms with Crippen LogP contribution in [0.2, 0.25) is 0 Å². The first-order valence-electron chi connectivity index (χ1n) is 9.49. The molecule has 2 unspecified atom stereocenters. The summed E-state index contributed by atoms with van der Waals surface area (Å²) in [5, 5.41) is 8.96. The van der Waals surface area contributed by atoms with Gasteiger partial charge >= 0.3 is 6.18 Å². The Morgan fingerprint density at radius 3 is 2.66 bits per heavy atom. The van der Waals surface area contributed by atoms with Crippen molar-refractivity contribution in [3.05, 3.63) is 71.4 Å². The Labute approximate surface area is 179 Å². The maximum absolute atomic E-state index is 13.8. The lowest BCUT2D eigenvalue weighted by molar-refractivity contribution is -0.173. The summed E-state index contributed by atoms with van der Waals surface area (Å²) in [7, 11) is 1.45. The monoisotopic (exact) mass is 452 g/mol. The molecular formula is C21H17F5N4O2. The molecule has 3 aromatic rings. The molecule has 168 valence electrons. The first-order valence-corrected chi connectivity index (χ1v) is 9.49. The minimum Gasteiger partial charge on any atom is -0.497 e. The lowest BCUT2D eigenvalue weighted by atomic mass is 9.97. The first kappa shape index (κ1) is 21.6. The zero-order chi connectivity index (χ0) is 23.0. The van der Waals surface area contributed by atoms with Crippen LogP contribution in [-0.2, 0) is 0 Å². The van der Waals surface area contributed by atoms with Gasteiger partial charge in [-0.1, -0.05) is 12.1 Å². The fourth-order valence-corrected chi connectivity index (χ4v) is 3.54. The van der Waals surface area contributed by atoms with E-state index in [4.69, 9.17) is 4.74 Å². The van der Waals surface area contributed by atoms with Gasteiger partial charge in [0.2, 0.25) is 0 Å². The van der Waals surface area contributed by atoms with E-state index in [0.717, 1.165) is 18.2 Å². The van der Waals surface area contributed by atoms with Crippen molar-refractivity contribution in [2.24, 2.45) is 0 Å². The molecule has 32 heavy (non-hydrogen) atoms. The molecule has 4 rings (SSSR count). The van der Waals surface area contributed by atoms with Gasteiger partial charge in [0, 0.05) is 18.6 Å². The van der Waals surface area contributed by atoms with E-state index in [1.54, 1.807) is 24.3 Å². The number of halogens is 5. The molecule has 11 heteroatoms. The second kappa shape index (κ2) is 8.13. The van der Waals surface area contributed by atoms with Crippen molar-refractivity contribution >= 4 is 17.4 Å². The molecule has 2 aromatic carbocycles. The third kappa shape index (κ3) is 4.23. The number of hydrogen-bond acceptors (Lipinski definition) is 4. The van der Waals surface area contributed by atoms with E-state index in [0.29, 0.717) is 22.1 Å². The Kier molecular flexibility index (Phi) is 5.49. The van der Waals surface area contributed by atoms with Crippen molar-refractivity contribution < 1.29 is 31.5 Å². The fourth-order valence-electron chi connectivity index (χ4n) is 3.54. The van der Waals surface area contributed by atoms with Gasteiger partial charge in [0.1, 0.15) is 23.2 Å². The molecule has 1 aromatic heterocycles. The first-order chi connectivity index (χ1) is 15.2. The Balaban J connectivity index is 1.65. The Morgan fingerprint density at radius 1 is 1.19 bits per heavy atom. The van der Waals surface area contributed by atoms with Crippen molar-refractivity contribution in [1.29, 1.82) is 0 Å². The van der Waals surface area contributed by atoms with Crippen LogP contribution in [0, 0.1) is 11.6 Å². The standard InChI is InChI=1S/C21H17F5N4O2/c1-32-13-4-2-3-11(7-13)16-9-18(21(24,25)26)30-19(27-16)10-17(29-30)20(31)28-15-6-5-12(22)8-14(15)23/h2-8,10,16,18,27H,9H2,1H3,(H,28,31). The second-order valence-corrected chi connectivity index (χ2v) is 7.20. The molecule has 0 aliphatic carbocycles. The number of nitrogens with zero attached hydrogens (tertiary/aromatic N) is 2. The molecule has 6 nitrogen and oxygen atoms in total. The van der Waals surface area contributed by atoms with Crippen LogP contribution >= 0.6 is 0 Å². The average molecular weight is 452 g/mol. The molecule has 2 N–H and O–H groups in total. The summed E-state index contributed by atoms with van der Waals surface area (Å²) >= 11 is 0. The molecule has 2 atom stereocenters. The molecular weight excluding hydrogens is 435 g/mol. The van der Waals surface area contributed by atoms with Crippen molar-refractivity contribution in [2.75, 3.05) is 17.7 Å². The predicted octanol–water partition coefficient (Wildman–Crippen LogP) is 5.08. The largest absolute Gasteiger partial charge is 0.497 e. The van der Waals surface area contributed by atoms with Crippen LogP contribution in [0.3, 0.4) is 0 Å². The number of anilines is 2. The van der Waals surface area contributed by atoms with Gasteiger partial charge in [-0.05, 0) is 29.8 Å². The Bertz CT molecular complexity index is 1160. The molecule has 0 fully saturated rings. The Hall–Kier alpha value is -3.63. The number of fused-ring (bicyclic) bond motifs is 1. The van der Waals surface area contributed by atoms with Crippen molar-refractivity contribution in [2.45, 2.75) is 24.7 Å². The molecule has 0 radical (unpaired) electrons. The molecule has 0 spiro atoms. The zero-order valence-corrected chi connectivity index (χ0v) is 16.6. The number of hydrogen-bond donors (Lipinski definition) is 2. The van der Waals surface area contributed by atoms with E-state index < -0.39 is 35.8 Å². The summed E-state index contributed by atoms with van der Waals surface area (Å²) in [4.78, 5) is 12.5. The third-order valence-corrected chi connectivity index (χ3v) is 5.10. The minimum absolute atomic E-state index is 0.0175. The Morgan fingerprint density at radius 2 is 1.97 bits per heavy atom. The van der Waals surface area contributed by atoms with E-state index >= 15 is 0 Å². The number of carbonyl (C=O) groups is 1. The summed E-state index contributed by atoms with van der Waals surface area (Å²) in [6.07, 6.45) is -4.99. The molecule has 2 heterocycles. The molecule has 1 amide bonds. The maximum atomic E-state index is 13.8. The van der Waals surface area contributed by atoms with Gasteiger partial charge in [0.05, 0.1) is 18.8 Å². The summed E-state index contributed by atoms with van der Waals surface area (Å²) < 4.78 is 74.1. The van der Waals surface area contributed by atoms with Crippen LogP contribution in [-0.4, -0.2) is 29.0 Å². The lowest BCUT2D eigenvalue weighted by Crippen LogP contribution is -2.35. The number of methoxy groups -OCH3 is 1. The normalized spacial score (nSPS) is 17.9. The number of carbonyl (C=O) groups excluding carboxylic acids is 1. The van der Waals surface area contributed by atoms with Crippen molar-refractivity contribution in [3.63, 3.8) is 0 Å². The van der Waals surface area contributed by atoms with Crippen LogP contribution in [0.15, 0.2) is 48.5 Å². The highest BCUT2D eigenvalue weighted by Crippen LogP contribution is 2.44. The lowest BCUT2D eigenvalue weighted by Gasteiger charge is -2.33. The molecule has 1 aliphatic heterocycles. The quantitative estimate of drug-likeness (QED) is 0.542. The SMILES string of the molecule is COc1cccc(C2CC(C(F)(F)F)n3nc(C(=O)Nc4ccc(F)cc4F)cc3N2)c1. The predicted molar refractivity (Wildman–Crippen MR) is 106 cm³/mol. The van der Waals surface area contributed by atoms with Gasteiger partial charge in [-0.15, -0.1) is 0 Å². The number of ether oxygens (including phenoxy) is 1. The van der Waals surface area contributed by atoms with E-state index in [-0.39, 0.29) is 23.6 Å². The highest BCUT2D eigenvalue weighted by atomic mass is 19.4. The number of aromatic nitrogens is 2. The van der Waals surface area contributed by atoms with E-state index in [1.807, 2.05) is 0 Å². The molecule has 1 aliphatic rings. The number of nitrogens with one attached hydrogen (secondary N) is 2. The highest BCUT2D eigenvalue weighted by Gasteiger charge is 2.46. The number of amides is 1. The average Bonchev–Trinajstić information content (AvgIpc) is 3.18. The van der Waals surface area contributed by atoms with Crippen LogP contribution < -0.4 is 15.4 Å². The minimum atomic E-state index is -4.63. The van der Waals surface area contributed by atoms with Crippen molar-refractivity contribution in [3.8, 4) is 5.75 Å². The topological polar surface area (TPSA) is 68.2 Å². The van der Waals surface area contributed by atoms with Crippen molar-refractivity contribution in [1.82, 2.24) is 9.78 Å². The van der Waals surface area contributed by atoms with Crippen LogP contribution in [0.4, 0.5) is 33.5 Å². The van der Waals surface area contributed by atoms with E-state index in [1.165, 1.54) is 7.11 Å².